The average molecular weight is 555 g/mol. The number of nitrogens with one attached hydrogen (secondary N) is 1. The number of Topliss-reactive ketones (excluding diaryl/α,β-unsaturated/α-hetero) is 1. The monoisotopic (exact) mass is 554 g/mol. The molecule has 0 aliphatic carbocycles. The molecule has 2 aromatic rings. The molecule has 0 aliphatic heterocycles. The Kier molecular flexibility index (Phi) is 9.96. The first-order valence-electron chi connectivity index (χ1n) is 11.5. The Bertz CT molecular complexity index is 1430. The van der Waals surface area contributed by atoms with Gasteiger partial charge in [-0.05, 0) is 46.7 Å². The van der Waals surface area contributed by atoms with Gasteiger partial charge in [0.2, 0.25) is 10.0 Å². The third-order valence-corrected chi connectivity index (χ3v) is 8.84. The number of nitrogens with zero attached hydrogens (tertiary/aromatic N) is 1. The summed E-state index contributed by atoms with van der Waals surface area (Å²) in [6.45, 7) is 6.46. The van der Waals surface area contributed by atoms with Crippen molar-refractivity contribution >= 4 is 25.6 Å². The number of halogens is 1. The van der Waals surface area contributed by atoms with Crippen LogP contribution in [0.2, 0.25) is 0 Å². The number of carbonyl (C=O) groups excluding carboxylic acids is 1. The van der Waals surface area contributed by atoms with Crippen LogP contribution in [0, 0.1) is 17.1 Å². The molecule has 2 aromatic carbocycles. The highest BCUT2D eigenvalue weighted by Crippen LogP contribution is 2.33. The molecule has 2 rings (SSSR count). The SMILES string of the molecule is COc1cc(S(=O)(=O)NCCO)ccc1S(=O)(=O)CC(=O)Cc1c(C(C)C)cc(C#N)c(F)c1C(C)C. The molecule has 0 bridgehead atoms. The Morgan fingerprint density at radius 1 is 1.14 bits per heavy atom. The number of carbonyl (C=O) groups is 1. The van der Waals surface area contributed by atoms with Crippen molar-refractivity contribution in [3.63, 3.8) is 0 Å². The highest BCUT2D eigenvalue weighted by Gasteiger charge is 2.28. The molecule has 2 N–H and O–H groups in total. The van der Waals surface area contributed by atoms with Gasteiger partial charge in [0, 0.05) is 19.0 Å². The van der Waals surface area contributed by atoms with E-state index in [1.54, 1.807) is 13.8 Å². The summed E-state index contributed by atoms with van der Waals surface area (Å²) in [5, 5.41) is 18.2. The van der Waals surface area contributed by atoms with E-state index in [4.69, 9.17) is 9.84 Å². The fourth-order valence-electron chi connectivity index (χ4n) is 4.01. The van der Waals surface area contributed by atoms with Crippen LogP contribution >= 0.6 is 0 Å². The van der Waals surface area contributed by atoms with Crippen molar-refractivity contribution in [1.29, 1.82) is 5.26 Å². The molecule has 9 nitrogen and oxygen atoms in total. The number of ether oxygens (including phenoxy) is 1. The number of benzene rings is 2. The summed E-state index contributed by atoms with van der Waals surface area (Å²) in [6, 6.07) is 6.35. The van der Waals surface area contributed by atoms with Gasteiger partial charge in [0.1, 0.15) is 28.3 Å². The molecule has 0 atom stereocenters. The largest absolute Gasteiger partial charge is 0.495 e. The number of aliphatic hydroxyl groups excluding tert-OH is 1. The zero-order chi connectivity index (χ0) is 28.1. The first kappa shape index (κ1) is 30.4. The fourth-order valence-corrected chi connectivity index (χ4v) is 6.45. The van der Waals surface area contributed by atoms with E-state index < -0.39 is 43.8 Å². The van der Waals surface area contributed by atoms with E-state index in [0.29, 0.717) is 11.1 Å². The van der Waals surface area contributed by atoms with E-state index in [2.05, 4.69) is 4.72 Å². The minimum absolute atomic E-state index is 0.135. The van der Waals surface area contributed by atoms with Crippen LogP contribution in [0.5, 0.6) is 5.75 Å². The van der Waals surface area contributed by atoms with E-state index in [0.717, 1.165) is 25.3 Å². The highest BCUT2D eigenvalue weighted by molar-refractivity contribution is 7.92. The topological polar surface area (TPSA) is 151 Å². The second kappa shape index (κ2) is 12.1. The third-order valence-electron chi connectivity index (χ3n) is 5.68. The zero-order valence-corrected chi connectivity index (χ0v) is 23.0. The van der Waals surface area contributed by atoms with Gasteiger partial charge < -0.3 is 9.84 Å². The van der Waals surface area contributed by atoms with Crippen molar-refractivity contribution in [2.24, 2.45) is 0 Å². The Hall–Kier alpha value is -2.85. The number of hydrogen-bond acceptors (Lipinski definition) is 8. The summed E-state index contributed by atoms with van der Waals surface area (Å²) in [5.74, 6) is -3.13. The first-order chi connectivity index (χ1) is 17.2. The van der Waals surface area contributed by atoms with E-state index >= 15 is 4.39 Å². The lowest BCUT2D eigenvalue weighted by Gasteiger charge is -2.21. The Labute approximate surface area is 217 Å². The van der Waals surface area contributed by atoms with Crippen molar-refractivity contribution in [2.75, 3.05) is 26.0 Å². The summed E-state index contributed by atoms with van der Waals surface area (Å²) < 4.78 is 73.2. The van der Waals surface area contributed by atoms with Crippen LogP contribution in [-0.4, -0.2) is 53.7 Å². The number of sulfone groups is 1. The van der Waals surface area contributed by atoms with Crippen molar-refractivity contribution in [3.8, 4) is 11.8 Å². The zero-order valence-electron chi connectivity index (χ0n) is 21.3. The molecule has 0 aliphatic rings. The Balaban J connectivity index is 2.47. The number of sulfonamides is 1. The van der Waals surface area contributed by atoms with Gasteiger partial charge in [-0.1, -0.05) is 27.7 Å². The van der Waals surface area contributed by atoms with E-state index in [9.17, 15) is 26.9 Å². The van der Waals surface area contributed by atoms with E-state index in [1.165, 1.54) is 6.07 Å². The Morgan fingerprint density at radius 3 is 2.30 bits per heavy atom. The minimum atomic E-state index is -4.27. The van der Waals surface area contributed by atoms with Crippen molar-refractivity contribution < 1.29 is 35.9 Å². The molecule has 0 unspecified atom stereocenters. The van der Waals surface area contributed by atoms with Gasteiger partial charge in [0.05, 0.1) is 24.2 Å². The number of rotatable bonds is 12. The number of ketones is 1. The molecule has 0 amide bonds. The molecule has 0 saturated heterocycles. The second-order valence-electron chi connectivity index (χ2n) is 9.05. The molecule has 0 aromatic heterocycles. The van der Waals surface area contributed by atoms with Gasteiger partial charge in [0.15, 0.2) is 15.6 Å². The minimum Gasteiger partial charge on any atom is -0.495 e. The summed E-state index contributed by atoms with van der Waals surface area (Å²) in [5.41, 5.74) is 1.03. The molecule has 0 saturated carbocycles. The lowest BCUT2D eigenvalue weighted by molar-refractivity contribution is -0.116. The van der Waals surface area contributed by atoms with Crippen LogP contribution < -0.4 is 9.46 Å². The van der Waals surface area contributed by atoms with Crippen LogP contribution in [0.1, 0.15) is 61.8 Å². The van der Waals surface area contributed by atoms with Crippen molar-refractivity contribution in [2.45, 2.75) is 55.7 Å². The van der Waals surface area contributed by atoms with Gasteiger partial charge in [-0.2, -0.15) is 5.26 Å². The predicted octanol–water partition coefficient (Wildman–Crippen LogP) is 2.81. The lowest BCUT2D eigenvalue weighted by atomic mass is 9.84. The van der Waals surface area contributed by atoms with Crippen molar-refractivity contribution in [1.82, 2.24) is 4.72 Å². The molecule has 37 heavy (non-hydrogen) atoms. The van der Waals surface area contributed by atoms with Crippen LogP contribution in [0.4, 0.5) is 4.39 Å². The lowest BCUT2D eigenvalue weighted by Crippen LogP contribution is -2.27. The molecule has 0 heterocycles. The smallest absolute Gasteiger partial charge is 0.240 e. The van der Waals surface area contributed by atoms with Gasteiger partial charge in [-0.25, -0.2) is 25.9 Å². The number of hydrogen-bond donors (Lipinski definition) is 2. The van der Waals surface area contributed by atoms with Crippen LogP contribution in [0.3, 0.4) is 0 Å². The molecule has 0 radical (unpaired) electrons. The fraction of sp³-hybridized carbons (Fsp3) is 0.440. The van der Waals surface area contributed by atoms with Crippen LogP contribution in [0.15, 0.2) is 34.1 Å². The molecule has 202 valence electrons. The molecule has 0 fully saturated rings. The van der Waals surface area contributed by atoms with E-state index in [-0.39, 0.29) is 51.5 Å². The summed E-state index contributed by atoms with van der Waals surface area (Å²) in [7, 11) is -7.13. The second-order valence-corrected chi connectivity index (χ2v) is 12.8. The van der Waals surface area contributed by atoms with Gasteiger partial charge in [-0.15, -0.1) is 0 Å². The average Bonchev–Trinajstić information content (AvgIpc) is 2.81. The standard InChI is InChI=1S/C25H31FN2O7S2/c1-15(2)20-10-17(13-27)25(26)24(16(3)4)21(20)11-18(30)14-36(31,32)23-7-6-19(12-22(23)35-5)37(33,34)28-8-9-29/h6-7,10,12,15-16,28-29H,8-9,11,14H2,1-5H3. The molecule has 0 spiro atoms. The summed E-state index contributed by atoms with van der Waals surface area (Å²) >= 11 is 0. The maximum Gasteiger partial charge on any atom is 0.240 e. The molecular formula is C25H31FN2O7S2. The highest BCUT2D eigenvalue weighted by atomic mass is 32.2. The number of nitriles is 1. The summed E-state index contributed by atoms with van der Waals surface area (Å²) in [4.78, 5) is 12.4. The number of methoxy groups -OCH3 is 1. The van der Waals surface area contributed by atoms with Gasteiger partial charge in [-0.3, -0.25) is 4.79 Å². The molecule has 12 heteroatoms. The summed E-state index contributed by atoms with van der Waals surface area (Å²) in [6.07, 6.45) is -0.358. The van der Waals surface area contributed by atoms with Crippen LogP contribution in [0.25, 0.3) is 0 Å². The van der Waals surface area contributed by atoms with Gasteiger partial charge in [0.25, 0.3) is 0 Å². The van der Waals surface area contributed by atoms with Crippen molar-refractivity contribution in [3.05, 3.63) is 52.3 Å². The Morgan fingerprint density at radius 2 is 1.78 bits per heavy atom. The van der Waals surface area contributed by atoms with Crippen LogP contribution in [-0.2, 0) is 31.1 Å². The quantitative estimate of drug-likeness (QED) is 0.407. The van der Waals surface area contributed by atoms with E-state index in [1.807, 2.05) is 19.9 Å². The predicted molar refractivity (Wildman–Crippen MR) is 135 cm³/mol. The first-order valence-corrected chi connectivity index (χ1v) is 14.6. The number of aliphatic hydroxyl groups is 1. The third kappa shape index (κ3) is 6.93. The van der Waals surface area contributed by atoms with Gasteiger partial charge >= 0.3 is 0 Å². The molecular weight excluding hydrogens is 523 g/mol. The normalized spacial score (nSPS) is 12.1. The maximum atomic E-state index is 15.1. The maximum absolute atomic E-state index is 15.1.